The first-order chi connectivity index (χ1) is 13.3. The molecule has 0 fully saturated rings. The Bertz CT molecular complexity index is 1150. The standard InChI is InChI=1S/C23H17NO3/c25-21-7-3-6-19-22-18-5-2-1-4-17(18)20(24(19)21)12-23(22,15-8-10-26-13-15)16-9-11-27-14-16/h1-11,13-14,20,22H,12H2/t20-,22+/m0/s1. The van der Waals surface area contributed by atoms with E-state index in [0.717, 1.165) is 23.2 Å². The summed E-state index contributed by atoms with van der Waals surface area (Å²) >= 11 is 0. The first-order valence-corrected chi connectivity index (χ1v) is 9.16. The third kappa shape index (κ3) is 1.75. The third-order valence-electron chi connectivity index (χ3n) is 6.38. The van der Waals surface area contributed by atoms with Gasteiger partial charge in [-0.3, -0.25) is 4.79 Å². The van der Waals surface area contributed by atoms with Gasteiger partial charge in [-0.25, -0.2) is 0 Å². The van der Waals surface area contributed by atoms with Crippen LogP contribution in [0.3, 0.4) is 0 Å². The molecule has 2 atom stereocenters. The van der Waals surface area contributed by atoms with Crippen molar-refractivity contribution in [3.63, 3.8) is 0 Å². The van der Waals surface area contributed by atoms with Crippen LogP contribution in [-0.4, -0.2) is 4.57 Å². The number of benzene rings is 1. The van der Waals surface area contributed by atoms with Crippen molar-refractivity contribution in [2.24, 2.45) is 0 Å². The zero-order valence-corrected chi connectivity index (χ0v) is 14.5. The molecule has 0 spiro atoms. The maximum absolute atomic E-state index is 12.8. The summed E-state index contributed by atoms with van der Waals surface area (Å²) in [6.07, 6.45) is 7.92. The van der Waals surface area contributed by atoms with Gasteiger partial charge in [0.15, 0.2) is 0 Å². The van der Waals surface area contributed by atoms with Crippen molar-refractivity contribution in [3.05, 3.63) is 118 Å². The van der Waals surface area contributed by atoms with Gasteiger partial charge in [-0.15, -0.1) is 0 Å². The van der Waals surface area contributed by atoms with Gasteiger partial charge in [0.1, 0.15) is 0 Å². The van der Waals surface area contributed by atoms with E-state index in [-0.39, 0.29) is 22.9 Å². The van der Waals surface area contributed by atoms with Crippen LogP contribution < -0.4 is 5.56 Å². The fraction of sp³-hybridized carbons (Fsp3) is 0.174. The molecule has 2 aliphatic heterocycles. The molecule has 3 aromatic heterocycles. The molecule has 2 bridgehead atoms. The highest BCUT2D eigenvalue weighted by molar-refractivity contribution is 5.56. The zero-order valence-electron chi connectivity index (χ0n) is 14.5. The third-order valence-corrected chi connectivity index (χ3v) is 6.38. The van der Waals surface area contributed by atoms with Crippen molar-refractivity contribution in [2.45, 2.75) is 23.8 Å². The molecule has 7 rings (SSSR count). The van der Waals surface area contributed by atoms with E-state index >= 15 is 0 Å². The Morgan fingerprint density at radius 1 is 0.852 bits per heavy atom. The molecule has 5 heterocycles. The van der Waals surface area contributed by atoms with Gasteiger partial charge in [-0.2, -0.15) is 0 Å². The maximum atomic E-state index is 12.8. The summed E-state index contributed by atoms with van der Waals surface area (Å²) in [4.78, 5) is 12.8. The van der Waals surface area contributed by atoms with Crippen molar-refractivity contribution < 1.29 is 8.83 Å². The van der Waals surface area contributed by atoms with E-state index in [9.17, 15) is 4.79 Å². The van der Waals surface area contributed by atoms with Crippen LogP contribution in [0.2, 0.25) is 0 Å². The minimum atomic E-state index is -0.327. The van der Waals surface area contributed by atoms with Gasteiger partial charge in [0.25, 0.3) is 5.56 Å². The Labute approximate surface area is 155 Å². The van der Waals surface area contributed by atoms with Gasteiger partial charge in [0, 0.05) is 34.2 Å². The molecule has 1 aromatic carbocycles. The predicted octanol–water partition coefficient (Wildman–Crippen LogP) is 4.46. The number of rotatable bonds is 2. The first kappa shape index (κ1) is 14.9. The highest BCUT2D eigenvalue weighted by atomic mass is 16.3. The molecule has 0 amide bonds. The molecule has 4 nitrogen and oxygen atoms in total. The van der Waals surface area contributed by atoms with Crippen molar-refractivity contribution in [3.8, 4) is 0 Å². The van der Waals surface area contributed by atoms with E-state index in [4.69, 9.17) is 8.83 Å². The maximum Gasteiger partial charge on any atom is 0.251 e. The van der Waals surface area contributed by atoms with Crippen LogP contribution in [-0.2, 0) is 5.41 Å². The summed E-state index contributed by atoms with van der Waals surface area (Å²) in [6, 6.07) is 18.2. The Morgan fingerprint density at radius 2 is 1.56 bits per heavy atom. The Balaban J connectivity index is 1.76. The van der Waals surface area contributed by atoms with Gasteiger partial charge in [0.05, 0.1) is 31.1 Å². The van der Waals surface area contributed by atoms with E-state index in [1.54, 1.807) is 18.6 Å². The number of pyridine rings is 1. The van der Waals surface area contributed by atoms with Crippen molar-refractivity contribution in [1.29, 1.82) is 0 Å². The monoisotopic (exact) mass is 355 g/mol. The number of hydrogen-bond acceptors (Lipinski definition) is 3. The summed E-state index contributed by atoms with van der Waals surface area (Å²) in [5.41, 5.74) is 5.55. The molecule has 1 aliphatic carbocycles. The first-order valence-electron chi connectivity index (χ1n) is 9.16. The van der Waals surface area contributed by atoms with Gasteiger partial charge in [-0.1, -0.05) is 30.3 Å². The van der Waals surface area contributed by atoms with Crippen molar-refractivity contribution >= 4 is 0 Å². The quantitative estimate of drug-likeness (QED) is 0.533. The minimum absolute atomic E-state index is 0.0142. The number of furan rings is 2. The molecule has 0 unspecified atom stereocenters. The Morgan fingerprint density at radius 3 is 2.22 bits per heavy atom. The molecular weight excluding hydrogens is 338 g/mol. The highest BCUT2D eigenvalue weighted by Gasteiger charge is 2.55. The van der Waals surface area contributed by atoms with E-state index < -0.39 is 0 Å². The number of nitrogens with zero attached hydrogens (tertiary/aromatic N) is 1. The molecule has 0 saturated heterocycles. The topological polar surface area (TPSA) is 48.3 Å². The summed E-state index contributed by atoms with van der Waals surface area (Å²) in [5, 5.41) is 0. The Kier molecular flexibility index (Phi) is 2.82. The summed E-state index contributed by atoms with van der Waals surface area (Å²) < 4.78 is 13.0. The molecule has 0 saturated carbocycles. The molecule has 27 heavy (non-hydrogen) atoms. The predicted molar refractivity (Wildman–Crippen MR) is 99.9 cm³/mol. The molecule has 4 aromatic rings. The van der Waals surface area contributed by atoms with Gasteiger partial charge < -0.3 is 13.4 Å². The van der Waals surface area contributed by atoms with Crippen LogP contribution in [0.15, 0.2) is 93.3 Å². The fourth-order valence-electron chi connectivity index (χ4n) is 5.38. The fourth-order valence-corrected chi connectivity index (χ4v) is 5.38. The number of fused-ring (bicyclic) bond motifs is 1. The number of aromatic nitrogens is 1. The summed E-state index contributed by atoms with van der Waals surface area (Å²) in [5.74, 6) is 0.0165. The molecule has 132 valence electrons. The van der Waals surface area contributed by atoms with Gasteiger partial charge in [-0.05, 0) is 35.7 Å². The second kappa shape index (κ2) is 5.13. The summed E-state index contributed by atoms with van der Waals surface area (Å²) in [6.45, 7) is 0. The number of hydrogen-bond donors (Lipinski definition) is 0. The molecule has 3 aliphatic rings. The van der Waals surface area contributed by atoms with Crippen molar-refractivity contribution in [1.82, 2.24) is 4.57 Å². The Hall–Kier alpha value is -3.27. The molecule has 0 radical (unpaired) electrons. The lowest BCUT2D eigenvalue weighted by molar-refractivity contribution is 0.262. The van der Waals surface area contributed by atoms with Crippen LogP contribution in [0, 0.1) is 0 Å². The van der Waals surface area contributed by atoms with Crippen molar-refractivity contribution in [2.75, 3.05) is 0 Å². The SMILES string of the molecule is O=c1cccc2n1[C@H]1CC(c3ccoc3)(c3ccoc3)[C@@H]2c2ccccc21. The average molecular weight is 355 g/mol. The lowest BCUT2D eigenvalue weighted by Crippen LogP contribution is -2.50. The normalized spacial score (nSPS) is 21.6. The van der Waals surface area contributed by atoms with E-state index in [2.05, 4.69) is 30.3 Å². The average Bonchev–Trinajstić information content (AvgIpc) is 3.42. The van der Waals surface area contributed by atoms with E-state index in [1.165, 1.54) is 11.1 Å². The second-order valence-corrected chi connectivity index (χ2v) is 7.44. The highest BCUT2D eigenvalue weighted by Crippen LogP contribution is 2.61. The summed E-state index contributed by atoms with van der Waals surface area (Å²) in [7, 11) is 0. The zero-order chi connectivity index (χ0) is 18.0. The molecular formula is C23H17NO3. The molecule has 0 N–H and O–H groups in total. The second-order valence-electron chi connectivity index (χ2n) is 7.44. The van der Waals surface area contributed by atoms with Gasteiger partial charge >= 0.3 is 0 Å². The molecule has 4 heteroatoms. The van der Waals surface area contributed by atoms with Crippen LogP contribution >= 0.6 is 0 Å². The minimum Gasteiger partial charge on any atom is -0.472 e. The van der Waals surface area contributed by atoms with Crippen LogP contribution in [0.1, 0.15) is 46.3 Å². The van der Waals surface area contributed by atoms with E-state index in [1.807, 2.05) is 35.3 Å². The lowest BCUT2D eigenvalue weighted by atomic mass is 9.54. The van der Waals surface area contributed by atoms with Gasteiger partial charge in [0.2, 0.25) is 0 Å². The largest absolute Gasteiger partial charge is 0.472 e. The van der Waals surface area contributed by atoms with Crippen LogP contribution in [0.25, 0.3) is 0 Å². The van der Waals surface area contributed by atoms with E-state index in [0.29, 0.717) is 0 Å². The lowest BCUT2D eigenvalue weighted by Gasteiger charge is -2.53. The smallest absolute Gasteiger partial charge is 0.251 e. The van der Waals surface area contributed by atoms with Crippen LogP contribution in [0.4, 0.5) is 0 Å². The van der Waals surface area contributed by atoms with Crippen LogP contribution in [0.5, 0.6) is 0 Å².